The maximum atomic E-state index is 10.8. The summed E-state index contributed by atoms with van der Waals surface area (Å²) in [5, 5.41) is 9.63. The van der Waals surface area contributed by atoms with E-state index >= 15 is 0 Å². The molecule has 0 aromatic carbocycles. The summed E-state index contributed by atoms with van der Waals surface area (Å²) >= 11 is 4.12. The minimum Gasteiger partial charge on any atom is -0.294 e. The van der Waals surface area contributed by atoms with Gasteiger partial charge in [-0.1, -0.05) is 15.9 Å². The molecular formula is C6H6BrNO3S. The van der Waals surface area contributed by atoms with Gasteiger partial charge < -0.3 is 0 Å². The van der Waals surface area contributed by atoms with Crippen molar-refractivity contribution in [1.29, 1.82) is 0 Å². The molecule has 1 rings (SSSR count). The Labute approximate surface area is 81.7 Å². The second kappa shape index (κ2) is 3.57. The largest absolute Gasteiger partial charge is 0.294 e. The molecule has 6 heteroatoms. The van der Waals surface area contributed by atoms with Crippen LogP contribution >= 0.6 is 27.7 Å². The first-order valence-corrected chi connectivity index (χ1v) is 4.99. The van der Waals surface area contributed by atoms with Crippen molar-refractivity contribution in [2.45, 2.75) is 17.1 Å². The van der Waals surface area contributed by atoms with Gasteiger partial charge in [0.05, 0.1) is 4.91 Å². The minimum atomic E-state index is -0.760. The van der Waals surface area contributed by atoms with Crippen molar-refractivity contribution in [2.75, 3.05) is 0 Å². The number of Topliss-reactive ketones (excluding diaryl/α,β-unsaturated/α-hetero) is 1. The Morgan fingerprint density at radius 1 is 1.83 bits per heavy atom. The van der Waals surface area contributed by atoms with Crippen LogP contribution in [-0.4, -0.2) is 20.9 Å². The second-order valence-corrected chi connectivity index (χ2v) is 4.54. The average Bonchev–Trinajstić information content (AvgIpc) is 2.30. The molecule has 0 aliphatic carbocycles. The molecule has 2 atom stereocenters. The van der Waals surface area contributed by atoms with E-state index < -0.39 is 10.3 Å². The normalized spacial score (nSPS) is 28.3. The van der Waals surface area contributed by atoms with Gasteiger partial charge in [-0.05, 0) is 24.8 Å². The Morgan fingerprint density at radius 3 is 2.67 bits per heavy atom. The number of carbonyl (C=O) groups excluding carboxylic acids is 1. The average molecular weight is 252 g/mol. The number of carbonyl (C=O) groups is 1. The molecule has 12 heavy (non-hydrogen) atoms. The van der Waals surface area contributed by atoms with Crippen LogP contribution in [0.1, 0.15) is 6.92 Å². The summed E-state index contributed by atoms with van der Waals surface area (Å²) in [6.45, 7) is 1.40. The highest BCUT2D eigenvalue weighted by molar-refractivity contribution is 9.09. The maximum Gasteiger partial charge on any atom is 0.278 e. The first-order valence-electron chi connectivity index (χ1n) is 3.19. The summed E-state index contributed by atoms with van der Waals surface area (Å²) in [6, 6.07) is 0. The molecule has 4 nitrogen and oxygen atoms in total. The van der Waals surface area contributed by atoms with Gasteiger partial charge in [-0.25, -0.2) is 0 Å². The number of halogens is 1. The lowest BCUT2D eigenvalue weighted by Gasteiger charge is -2.02. The summed E-state index contributed by atoms with van der Waals surface area (Å²) in [5.41, 5.74) is 0. The fraction of sp³-hybridized carbons (Fsp3) is 0.500. The molecule has 0 aromatic heterocycles. The number of hydrogen-bond acceptors (Lipinski definition) is 4. The molecule has 66 valence electrons. The highest BCUT2D eigenvalue weighted by Gasteiger charge is 2.37. The smallest absolute Gasteiger partial charge is 0.278 e. The molecule has 0 N–H and O–H groups in total. The number of alkyl halides is 1. The van der Waals surface area contributed by atoms with Crippen LogP contribution in [0.15, 0.2) is 11.0 Å². The molecule has 1 aliphatic rings. The van der Waals surface area contributed by atoms with E-state index in [-0.39, 0.29) is 10.6 Å². The molecule has 0 unspecified atom stereocenters. The SMILES string of the molecule is CC(=O)C1=C[C@H](Br)[C@H]([N+](=O)[O-])S1. The van der Waals surface area contributed by atoms with Crippen molar-refractivity contribution in [3.63, 3.8) is 0 Å². The standard InChI is InChI=1S/C6H6BrNO3S/c1-3(9)5-2-4(7)6(12-5)8(10)11/h2,4,6H,1H3/t4-,6+/m0/s1. The van der Waals surface area contributed by atoms with Gasteiger partial charge in [0.1, 0.15) is 4.83 Å². The van der Waals surface area contributed by atoms with Crippen molar-refractivity contribution >= 4 is 33.5 Å². The number of allylic oxidation sites excluding steroid dienone is 1. The maximum absolute atomic E-state index is 10.8. The first-order chi connectivity index (χ1) is 5.52. The number of hydrogen-bond donors (Lipinski definition) is 0. The summed E-state index contributed by atoms with van der Waals surface area (Å²) in [7, 11) is 0. The van der Waals surface area contributed by atoms with Crippen molar-refractivity contribution in [2.24, 2.45) is 0 Å². The Hall–Kier alpha value is -0.360. The Morgan fingerprint density at radius 2 is 2.42 bits per heavy atom. The Balaban J connectivity index is 2.73. The van der Waals surface area contributed by atoms with Gasteiger partial charge in [-0.15, -0.1) is 0 Å². The van der Waals surface area contributed by atoms with Gasteiger partial charge in [0.25, 0.3) is 5.37 Å². The van der Waals surface area contributed by atoms with Crippen LogP contribution < -0.4 is 0 Å². The number of thioether (sulfide) groups is 1. The second-order valence-electron chi connectivity index (χ2n) is 2.33. The van der Waals surface area contributed by atoms with Crippen LogP contribution in [0.2, 0.25) is 0 Å². The monoisotopic (exact) mass is 251 g/mol. The summed E-state index contributed by atoms with van der Waals surface area (Å²) in [6.07, 6.45) is 1.58. The van der Waals surface area contributed by atoms with E-state index in [1.54, 1.807) is 6.08 Å². The van der Waals surface area contributed by atoms with E-state index in [2.05, 4.69) is 15.9 Å². The molecule has 0 saturated carbocycles. The van der Waals surface area contributed by atoms with Crippen molar-refractivity contribution in [3.8, 4) is 0 Å². The molecule has 1 aliphatic heterocycles. The van der Waals surface area contributed by atoms with Crippen molar-refractivity contribution < 1.29 is 9.72 Å². The lowest BCUT2D eigenvalue weighted by Crippen LogP contribution is -2.20. The first kappa shape index (κ1) is 9.73. The van der Waals surface area contributed by atoms with E-state index in [1.165, 1.54) is 6.92 Å². The molecule has 0 amide bonds. The van der Waals surface area contributed by atoms with Gasteiger partial charge in [-0.2, -0.15) is 0 Å². The van der Waals surface area contributed by atoms with E-state index in [0.29, 0.717) is 4.91 Å². The molecule has 0 aromatic rings. The third-order valence-corrected chi connectivity index (χ3v) is 3.88. The third kappa shape index (κ3) is 1.87. The zero-order chi connectivity index (χ0) is 9.30. The van der Waals surface area contributed by atoms with E-state index in [1.807, 2.05) is 0 Å². The molecule has 0 fully saturated rings. The predicted molar refractivity (Wildman–Crippen MR) is 49.9 cm³/mol. The van der Waals surface area contributed by atoms with Crippen LogP contribution in [0, 0.1) is 10.1 Å². The van der Waals surface area contributed by atoms with Crippen LogP contribution in [0.25, 0.3) is 0 Å². The van der Waals surface area contributed by atoms with Crippen molar-refractivity contribution in [3.05, 3.63) is 21.1 Å². The van der Waals surface area contributed by atoms with Gasteiger partial charge in [0, 0.05) is 4.92 Å². The molecule has 0 saturated heterocycles. The molecule has 1 heterocycles. The zero-order valence-electron chi connectivity index (χ0n) is 6.19. The number of nitrogens with zero attached hydrogens (tertiary/aromatic N) is 1. The Kier molecular flexibility index (Phi) is 2.89. The number of ketones is 1. The third-order valence-electron chi connectivity index (χ3n) is 1.39. The lowest BCUT2D eigenvalue weighted by molar-refractivity contribution is -0.492. The van der Waals surface area contributed by atoms with Crippen LogP contribution in [0.5, 0.6) is 0 Å². The fourth-order valence-electron chi connectivity index (χ4n) is 0.821. The van der Waals surface area contributed by atoms with Crippen LogP contribution in [-0.2, 0) is 4.79 Å². The van der Waals surface area contributed by atoms with Crippen molar-refractivity contribution in [1.82, 2.24) is 0 Å². The zero-order valence-corrected chi connectivity index (χ0v) is 8.59. The number of nitro groups is 1. The van der Waals surface area contributed by atoms with Gasteiger partial charge in [0.2, 0.25) is 0 Å². The topological polar surface area (TPSA) is 60.2 Å². The molecule has 0 spiro atoms. The van der Waals surface area contributed by atoms with Gasteiger partial charge >= 0.3 is 0 Å². The molecular weight excluding hydrogens is 246 g/mol. The molecule has 0 bridgehead atoms. The van der Waals surface area contributed by atoms with E-state index in [0.717, 1.165) is 11.8 Å². The van der Waals surface area contributed by atoms with Crippen LogP contribution in [0.3, 0.4) is 0 Å². The highest BCUT2D eigenvalue weighted by Crippen LogP contribution is 2.36. The fourth-order valence-corrected chi connectivity index (χ4v) is 2.72. The Bertz CT molecular complexity index is 266. The van der Waals surface area contributed by atoms with Crippen LogP contribution in [0.4, 0.5) is 0 Å². The summed E-state index contributed by atoms with van der Waals surface area (Å²) < 4.78 is 0. The highest BCUT2D eigenvalue weighted by atomic mass is 79.9. The minimum absolute atomic E-state index is 0.117. The van der Waals surface area contributed by atoms with E-state index in [4.69, 9.17) is 0 Å². The number of rotatable bonds is 2. The lowest BCUT2D eigenvalue weighted by atomic mass is 10.3. The quantitative estimate of drug-likeness (QED) is 0.425. The predicted octanol–water partition coefficient (Wildman–Crippen LogP) is 1.57. The summed E-state index contributed by atoms with van der Waals surface area (Å²) in [4.78, 5) is 21.0. The molecule has 0 radical (unpaired) electrons. The van der Waals surface area contributed by atoms with E-state index in [9.17, 15) is 14.9 Å². The van der Waals surface area contributed by atoms with Gasteiger partial charge in [0.15, 0.2) is 5.78 Å². The van der Waals surface area contributed by atoms with Gasteiger partial charge in [-0.3, -0.25) is 14.9 Å². The summed E-state index contributed by atoms with van der Waals surface area (Å²) in [5.74, 6) is -0.117.